The number of aliphatic imine (C=N–C) groups is 1. The topological polar surface area (TPSA) is 79.6 Å². The van der Waals surface area contributed by atoms with Gasteiger partial charge in [-0.2, -0.15) is 0 Å². The summed E-state index contributed by atoms with van der Waals surface area (Å²) in [5, 5.41) is 17.3. The van der Waals surface area contributed by atoms with E-state index in [-0.39, 0.29) is 34.6 Å². The summed E-state index contributed by atoms with van der Waals surface area (Å²) in [5.41, 5.74) is 0.983. The highest BCUT2D eigenvalue weighted by Crippen LogP contribution is 2.28. The van der Waals surface area contributed by atoms with Crippen molar-refractivity contribution >= 4 is 35.6 Å². The van der Waals surface area contributed by atoms with Crippen molar-refractivity contribution < 1.29 is 4.92 Å². The van der Waals surface area contributed by atoms with Crippen LogP contribution >= 0.6 is 24.0 Å². The average molecular weight is 446 g/mol. The number of nitro groups is 1. The summed E-state index contributed by atoms with van der Waals surface area (Å²) < 4.78 is 0. The molecule has 0 saturated heterocycles. The Balaban J connectivity index is 0.00000288. The van der Waals surface area contributed by atoms with Gasteiger partial charge >= 0.3 is 0 Å². The Morgan fingerprint density at radius 1 is 1.33 bits per heavy atom. The second-order valence-electron chi connectivity index (χ2n) is 6.07. The molecule has 6 nitrogen and oxygen atoms in total. The van der Waals surface area contributed by atoms with Crippen LogP contribution in [0.1, 0.15) is 44.1 Å². The molecule has 1 aliphatic rings. The molecule has 0 radical (unpaired) electrons. The zero-order valence-corrected chi connectivity index (χ0v) is 16.5. The fraction of sp³-hybridized carbons (Fsp3) is 0.588. The lowest BCUT2D eigenvalue weighted by atomic mass is 10.0. The van der Waals surface area contributed by atoms with Crippen LogP contribution in [0.3, 0.4) is 0 Å². The van der Waals surface area contributed by atoms with Gasteiger partial charge in [-0.05, 0) is 24.3 Å². The van der Waals surface area contributed by atoms with Crippen molar-refractivity contribution in [1.29, 1.82) is 0 Å². The molecule has 1 fully saturated rings. The number of halogens is 1. The highest BCUT2D eigenvalue weighted by atomic mass is 127. The van der Waals surface area contributed by atoms with Gasteiger partial charge in [0.15, 0.2) is 5.96 Å². The van der Waals surface area contributed by atoms with E-state index in [4.69, 9.17) is 0 Å². The summed E-state index contributed by atoms with van der Waals surface area (Å²) in [5.74, 6) is 1.65. The molecular weight excluding hydrogens is 419 g/mol. The van der Waals surface area contributed by atoms with Crippen LogP contribution in [-0.2, 0) is 6.54 Å². The second kappa shape index (κ2) is 11.2. The number of nitrogens with zero attached hydrogens (tertiary/aromatic N) is 2. The van der Waals surface area contributed by atoms with Gasteiger partial charge in [0.25, 0.3) is 5.69 Å². The predicted molar refractivity (Wildman–Crippen MR) is 108 cm³/mol. The normalized spacial score (nSPS) is 15.0. The number of nitro benzene ring substituents is 1. The predicted octanol–water partition coefficient (Wildman–Crippen LogP) is 3.85. The minimum absolute atomic E-state index is 0. The minimum atomic E-state index is -0.375. The van der Waals surface area contributed by atoms with E-state index in [1.54, 1.807) is 19.2 Å². The third-order valence-electron chi connectivity index (χ3n) is 4.36. The van der Waals surface area contributed by atoms with Crippen LogP contribution in [0, 0.1) is 16.0 Å². The van der Waals surface area contributed by atoms with Crippen LogP contribution in [0.15, 0.2) is 29.3 Å². The molecule has 1 aromatic carbocycles. The average Bonchev–Trinajstić information content (AvgIpc) is 3.08. The van der Waals surface area contributed by atoms with E-state index < -0.39 is 0 Å². The summed E-state index contributed by atoms with van der Waals surface area (Å²) in [6.07, 6.45) is 8.01. The Bertz CT molecular complexity index is 545. The highest BCUT2D eigenvalue weighted by molar-refractivity contribution is 14.0. The summed E-state index contributed by atoms with van der Waals surface area (Å²) in [6.45, 7) is 1.43. The lowest BCUT2D eigenvalue weighted by Crippen LogP contribution is -2.37. The summed E-state index contributed by atoms with van der Waals surface area (Å²) in [6, 6.07) is 6.65. The van der Waals surface area contributed by atoms with Crippen LogP contribution in [0.4, 0.5) is 5.69 Å². The number of non-ortho nitro benzene ring substituents is 1. The van der Waals surface area contributed by atoms with E-state index in [1.807, 2.05) is 6.07 Å². The first kappa shape index (κ1) is 20.7. The molecule has 7 heteroatoms. The zero-order valence-electron chi connectivity index (χ0n) is 14.2. The molecule has 1 aromatic rings. The molecule has 0 heterocycles. The van der Waals surface area contributed by atoms with E-state index in [2.05, 4.69) is 15.6 Å². The zero-order chi connectivity index (χ0) is 16.5. The first-order chi connectivity index (χ1) is 11.2. The molecule has 24 heavy (non-hydrogen) atoms. The Morgan fingerprint density at radius 3 is 2.75 bits per heavy atom. The van der Waals surface area contributed by atoms with Gasteiger partial charge in [-0.15, -0.1) is 24.0 Å². The van der Waals surface area contributed by atoms with Crippen molar-refractivity contribution in [2.45, 2.75) is 45.1 Å². The molecule has 1 aliphatic carbocycles. The number of hydrogen-bond acceptors (Lipinski definition) is 3. The molecule has 2 rings (SSSR count). The van der Waals surface area contributed by atoms with Crippen LogP contribution in [0.5, 0.6) is 0 Å². The molecule has 134 valence electrons. The van der Waals surface area contributed by atoms with E-state index in [1.165, 1.54) is 38.2 Å². The van der Waals surface area contributed by atoms with Gasteiger partial charge in [0.1, 0.15) is 0 Å². The standard InChI is InChI=1S/C17H26N4O2.HI/c1-18-17(19-11-5-9-14-6-2-3-7-14)20-13-15-8-4-10-16(12-15)21(22)23;/h4,8,10,12,14H,2-3,5-7,9,11,13H2,1H3,(H2,18,19,20);1H. The van der Waals surface area contributed by atoms with Gasteiger partial charge in [0, 0.05) is 32.3 Å². The minimum Gasteiger partial charge on any atom is -0.356 e. The van der Waals surface area contributed by atoms with Crippen LogP contribution in [-0.4, -0.2) is 24.5 Å². The first-order valence-electron chi connectivity index (χ1n) is 8.37. The lowest BCUT2D eigenvalue weighted by molar-refractivity contribution is -0.384. The maximum absolute atomic E-state index is 10.8. The third-order valence-corrected chi connectivity index (χ3v) is 4.36. The van der Waals surface area contributed by atoms with E-state index in [9.17, 15) is 10.1 Å². The van der Waals surface area contributed by atoms with Crippen LogP contribution in [0.25, 0.3) is 0 Å². The molecule has 0 amide bonds. The van der Waals surface area contributed by atoms with E-state index >= 15 is 0 Å². The van der Waals surface area contributed by atoms with Gasteiger partial charge in [0.05, 0.1) is 4.92 Å². The van der Waals surface area contributed by atoms with Crippen molar-refractivity contribution in [2.24, 2.45) is 10.9 Å². The Kier molecular flexibility index (Phi) is 9.66. The number of guanidine groups is 1. The molecular formula is C17H27IN4O2. The maximum Gasteiger partial charge on any atom is 0.269 e. The molecule has 0 spiro atoms. The van der Waals surface area contributed by atoms with Crippen molar-refractivity contribution in [2.75, 3.05) is 13.6 Å². The summed E-state index contributed by atoms with van der Waals surface area (Å²) in [4.78, 5) is 14.6. The molecule has 1 saturated carbocycles. The van der Waals surface area contributed by atoms with Crippen LogP contribution in [0.2, 0.25) is 0 Å². The van der Waals surface area contributed by atoms with Crippen molar-refractivity contribution in [1.82, 2.24) is 10.6 Å². The number of rotatable bonds is 7. The smallest absolute Gasteiger partial charge is 0.269 e. The fourth-order valence-corrected chi connectivity index (χ4v) is 3.08. The molecule has 0 aliphatic heterocycles. The summed E-state index contributed by atoms with van der Waals surface area (Å²) in [7, 11) is 1.74. The number of hydrogen-bond donors (Lipinski definition) is 2. The molecule has 0 unspecified atom stereocenters. The largest absolute Gasteiger partial charge is 0.356 e. The maximum atomic E-state index is 10.8. The Hall–Kier alpha value is -1.38. The molecule has 0 aromatic heterocycles. The van der Waals surface area contributed by atoms with Crippen molar-refractivity contribution in [3.8, 4) is 0 Å². The SMILES string of the molecule is CN=C(NCCCC1CCCC1)NCc1cccc([N+](=O)[O-])c1.I. The highest BCUT2D eigenvalue weighted by Gasteiger charge is 2.14. The monoisotopic (exact) mass is 446 g/mol. The van der Waals surface area contributed by atoms with Gasteiger partial charge in [0.2, 0.25) is 0 Å². The second-order valence-corrected chi connectivity index (χ2v) is 6.07. The Morgan fingerprint density at radius 2 is 2.08 bits per heavy atom. The fourth-order valence-electron chi connectivity index (χ4n) is 3.08. The van der Waals surface area contributed by atoms with Gasteiger partial charge in [-0.1, -0.05) is 37.8 Å². The van der Waals surface area contributed by atoms with E-state index in [0.717, 1.165) is 30.4 Å². The van der Waals surface area contributed by atoms with Crippen molar-refractivity contribution in [3.63, 3.8) is 0 Å². The number of benzene rings is 1. The van der Waals surface area contributed by atoms with Crippen molar-refractivity contribution in [3.05, 3.63) is 39.9 Å². The number of nitrogens with one attached hydrogen (secondary N) is 2. The Labute approximate surface area is 160 Å². The van der Waals surface area contributed by atoms with Gasteiger partial charge in [-0.3, -0.25) is 15.1 Å². The third kappa shape index (κ3) is 7.02. The molecule has 2 N–H and O–H groups in total. The van der Waals surface area contributed by atoms with Crippen LogP contribution < -0.4 is 10.6 Å². The van der Waals surface area contributed by atoms with Gasteiger partial charge in [-0.25, -0.2) is 0 Å². The van der Waals surface area contributed by atoms with E-state index in [0.29, 0.717) is 6.54 Å². The molecule has 0 atom stereocenters. The molecule has 0 bridgehead atoms. The van der Waals surface area contributed by atoms with Gasteiger partial charge < -0.3 is 10.6 Å². The first-order valence-corrected chi connectivity index (χ1v) is 8.37. The quantitative estimate of drug-likeness (QED) is 0.167. The lowest BCUT2D eigenvalue weighted by Gasteiger charge is -2.13. The summed E-state index contributed by atoms with van der Waals surface area (Å²) >= 11 is 0.